The van der Waals surface area contributed by atoms with Gasteiger partial charge in [0.05, 0.1) is 12.2 Å². The van der Waals surface area contributed by atoms with Gasteiger partial charge in [0.2, 0.25) is 11.7 Å². The third-order valence-electron chi connectivity index (χ3n) is 4.39. The molecule has 1 aliphatic heterocycles. The quantitative estimate of drug-likeness (QED) is 0.728. The molecule has 0 fully saturated rings. The minimum Gasteiger partial charge on any atom is -0.486 e. The summed E-state index contributed by atoms with van der Waals surface area (Å²) in [7, 11) is 0. The van der Waals surface area contributed by atoms with Gasteiger partial charge in [-0.25, -0.2) is 4.39 Å². The van der Waals surface area contributed by atoms with Gasteiger partial charge in [-0.15, -0.1) is 10.2 Å². The Morgan fingerprint density at radius 3 is 2.75 bits per heavy atom. The summed E-state index contributed by atoms with van der Waals surface area (Å²) in [5.74, 6) is 0.887. The summed E-state index contributed by atoms with van der Waals surface area (Å²) in [5, 5.41) is 13.7. The molecular weight excluding hydrogens is 365 g/mol. The molecule has 28 heavy (non-hydrogen) atoms. The van der Waals surface area contributed by atoms with Gasteiger partial charge in [-0.1, -0.05) is 13.0 Å². The molecule has 1 amide bonds. The number of amides is 1. The SMILES string of the molecule is CCC(=O)N(Cc1ccc2c(c1)OCCO2)c1cc(-c2nn[nH]n2)ccc1F. The first-order valence-corrected chi connectivity index (χ1v) is 8.88. The fourth-order valence-corrected chi connectivity index (χ4v) is 3.01. The van der Waals surface area contributed by atoms with E-state index in [2.05, 4.69) is 20.6 Å². The molecule has 3 aromatic rings. The number of tetrazole rings is 1. The lowest BCUT2D eigenvalue weighted by atomic mass is 10.1. The molecule has 8 nitrogen and oxygen atoms in total. The number of rotatable bonds is 5. The van der Waals surface area contributed by atoms with Crippen molar-refractivity contribution in [2.24, 2.45) is 0 Å². The van der Waals surface area contributed by atoms with E-state index in [9.17, 15) is 9.18 Å². The first kappa shape index (κ1) is 17.9. The highest BCUT2D eigenvalue weighted by atomic mass is 19.1. The van der Waals surface area contributed by atoms with Crippen LogP contribution in [0.25, 0.3) is 11.4 Å². The van der Waals surface area contributed by atoms with Crippen molar-refractivity contribution in [3.8, 4) is 22.9 Å². The number of carbonyl (C=O) groups excluding carboxylic acids is 1. The van der Waals surface area contributed by atoms with Crippen molar-refractivity contribution in [3.05, 3.63) is 47.8 Å². The summed E-state index contributed by atoms with van der Waals surface area (Å²) in [6, 6.07) is 9.83. The van der Waals surface area contributed by atoms with E-state index in [0.717, 1.165) is 5.56 Å². The van der Waals surface area contributed by atoms with Gasteiger partial charge in [0.25, 0.3) is 0 Å². The number of aromatic amines is 1. The molecule has 1 N–H and O–H groups in total. The van der Waals surface area contributed by atoms with Crippen LogP contribution in [-0.4, -0.2) is 39.7 Å². The molecule has 0 spiro atoms. The number of nitrogens with zero attached hydrogens (tertiary/aromatic N) is 4. The Labute approximate surface area is 160 Å². The van der Waals surface area contributed by atoms with Crippen molar-refractivity contribution >= 4 is 11.6 Å². The first-order valence-electron chi connectivity index (χ1n) is 8.88. The van der Waals surface area contributed by atoms with E-state index in [1.807, 2.05) is 12.1 Å². The van der Waals surface area contributed by atoms with Crippen LogP contribution >= 0.6 is 0 Å². The van der Waals surface area contributed by atoms with Crippen LogP contribution in [-0.2, 0) is 11.3 Å². The number of carbonyl (C=O) groups is 1. The first-order chi connectivity index (χ1) is 13.7. The summed E-state index contributed by atoms with van der Waals surface area (Å²) in [4.78, 5) is 14.0. The summed E-state index contributed by atoms with van der Waals surface area (Å²) in [6.07, 6.45) is 0.233. The van der Waals surface area contributed by atoms with Gasteiger partial charge in [-0.2, -0.15) is 5.21 Å². The second kappa shape index (κ2) is 7.63. The Kier molecular flexibility index (Phi) is 4.88. The molecule has 0 saturated heterocycles. The predicted molar refractivity (Wildman–Crippen MR) is 98.5 cm³/mol. The Morgan fingerprint density at radius 1 is 1.18 bits per heavy atom. The van der Waals surface area contributed by atoms with Crippen molar-refractivity contribution < 1.29 is 18.7 Å². The number of H-pyrrole nitrogens is 1. The molecule has 0 unspecified atom stereocenters. The molecule has 144 valence electrons. The van der Waals surface area contributed by atoms with Crippen LogP contribution in [0.4, 0.5) is 10.1 Å². The van der Waals surface area contributed by atoms with E-state index in [1.54, 1.807) is 25.1 Å². The number of fused-ring (bicyclic) bond motifs is 1. The summed E-state index contributed by atoms with van der Waals surface area (Å²) in [6.45, 7) is 2.90. The molecular formula is C19H18FN5O3. The Hall–Kier alpha value is -3.49. The minimum atomic E-state index is -0.508. The van der Waals surface area contributed by atoms with E-state index in [4.69, 9.17) is 9.47 Å². The van der Waals surface area contributed by atoms with Gasteiger partial charge < -0.3 is 14.4 Å². The third-order valence-corrected chi connectivity index (χ3v) is 4.39. The van der Waals surface area contributed by atoms with Crippen LogP contribution in [0.5, 0.6) is 11.5 Å². The van der Waals surface area contributed by atoms with E-state index in [-0.39, 0.29) is 24.6 Å². The Morgan fingerprint density at radius 2 is 2.00 bits per heavy atom. The summed E-state index contributed by atoms with van der Waals surface area (Å²) < 4.78 is 25.8. The van der Waals surface area contributed by atoms with Crippen LogP contribution in [0.3, 0.4) is 0 Å². The molecule has 1 aliphatic rings. The number of anilines is 1. The summed E-state index contributed by atoms with van der Waals surface area (Å²) in [5.41, 5.74) is 1.51. The average molecular weight is 383 g/mol. The third kappa shape index (κ3) is 3.51. The predicted octanol–water partition coefficient (Wildman–Crippen LogP) is 2.72. The average Bonchev–Trinajstić information content (AvgIpc) is 3.27. The standard InChI is InChI=1S/C19H18FN5O3/c1-2-18(26)25(11-12-3-6-16-17(9-12)28-8-7-27-16)15-10-13(4-5-14(15)20)19-21-23-24-22-19/h3-6,9-10H,2,7-8,11H2,1H3,(H,21,22,23,24). The van der Waals surface area contributed by atoms with Crippen molar-refractivity contribution in [1.29, 1.82) is 0 Å². The van der Waals surface area contributed by atoms with Gasteiger partial charge in [-0.3, -0.25) is 4.79 Å². The molecule has 9 heteroatoms. The van der Waals surface area contributed by atoms with E-state index >= 15 is 0 Å². The highest BCUT2D eigenvalue weighted by molar-refractivity contribution is 5.93. The molecule has 1 aromatic heterocycles. The van der Waals surface area contributed by atoms with Crippen LogP contribution in [0, 0.1) is 5.82 Å². The normalized spacial score (nSPS) is 12.6. The molecule has 0 bridgehead atoms. The fourth-order valence-electron chi connectivity index (χ4n) is 3.01. The monoisotopic (exact) mass is 383 g/mol. The maximum atomic E-state index is 14.6. The van der Waals surface area contributed by atoms with Crippen molar-refractivity contribution in [2.45, 2.75) is 19.9 Å². The highest BCUT2D eigenvalue weighted by Crippen LogP contribution is 2.33. The maximum absolute atomic E-state index is 14.6. The number of aromatic nitrogens is 4. The number of halogens is 1. The molecule has 0 saturated carbocycles. The largest absolute Gasteiger partial charge is 0.486 e. The van der Waals surface area contributed by atoms with Crippen LogP contribution in [0.2, 0.25) is 0 Å². The Balaban J connectivity index is 1.69. The van der Waals surface area contributed by atoms with Crippen molar-refractivity contribution in [2.75, 3.05) is 18.1 Å². The second-order valence-electron chi connectivity index (χ2n) is 6.21. The molecule has 4 rings (SSSR count). The van der Waals surface area contributed by atoms with E-state index < -0.39 is 5.82 Å². The van der Waals surface area contributed by atoms with Crippen LogP contribution < -0.4 is 14.4 Å². The maximum Gasteiger partial charge on any atom is 0.227 e. The number of hydrogen-bond donors (Lipinski definition) is 1. The van der Waals surface area contributed by atoms with Gasteiger partial charge in [-0.05, 0) is 41.1 Å². The molecule has 0 radical (unpaired) electrons. The van der Waals surface area contributed by atoms with Gasteiger partial charge >= 0.3 is 0 Å². The topological polar surface area (TPSA) is 93.2 Å². The van der Waals surface area contributed by atoms with Crippen LogP contribution in [0.1, 0.15) is 18.9 Å². The zero-order chi connectivity index (χ0) is 19.5. The second-order valence-corrected chi connectivity index (χ2v) is 6.21. The van der Waals surface area contributed by atoms with Gasteiger partial charge in [0.1, 0.15) is 19.0 Å². The smallest absolute Gasteiger partial charge is 0.227 e. The number of benzene rings is 2. The number of nitrogens with one attached hydrogen (secondary N) is 1. The molecule has 2 heterocycles. The van der Waals surface area contributed by atoms with Crippen LogP contribution in [0.15, 0.2) is 36.4 Å². The van der Waals surface area contributed by atoms with Gasteiger partial charge in [0, 0.05) is 12.0 Å². The fraction of sp³-hybridized carbons (Fsp3) is 0.263. The van der Waals surface area contributed by atoms with E-state index in [0.29, 0.717) is 36.1 Å². The van der Waals surface area contributed by atoms with Gasteiger partial charge in [0.15, 0.2) is 11.5 Å². The van der Waals surface area contributed by atoms with Crippen molar-refractivity contribution in [1.82, 2.24) is 20.6 Å². The lowest BCUT2D eigenvalue weighted by Gasteiger charge is -2.25. The molecule has 0 atom stereocenters. The lowest BCUT2D eigenvalue weighted by molar-refractivity contribution is -0.118. The summed E-state index contributed by atoms with van der Waals surface area (Å²) >= 11 is 0. The number of ether oxygens (including phenoxy) is 2. The number of hydrogen-bond acceptors (Lipinski definition) is 6. The van der Waals surface area contributed by atoms with E-state index in [1.165, 1.54) is 11.0 Å². The lowest BCUT2D eigenvalue weighted by Crippen LogP contribution is -2.30. The van der Waals surface area contributed by atoms with Crippen molar-refractivity contribution in [3.63, 3.8) is 0 Å². The zero-order valence-electron chi connectivity index (χ0n) is 15.2. The minimum absolute atomic E-state index is 0.157. The molecule has 2 aromatic carbocycles. The Bertz CT molecular complexity index is 993. The highest BCUT2D eigenvalue weighted by Gasteiger charge is 2.21. The molecule has 0 aliphatic carbocycles. The zero-order valence-corrected chi connectivity index (χ0v) is 15.2.